The number of carbonyl (C=O) groups excluding carboxylic acids is 2. The first-order chi connectivity index (χ1) is 9.45. The van der Waals surface area contributed by atoms with Crippen molar-refractivity contribution in [3.05, 3.63) is 23.8 Å². The monoisotopic (exact) mass is 279 g/mol. The zero-order valence-electron chi connectivity index (χ0n) is 11.8. The number of hydrogen-bond donors (Lipinski definition) is 4. The van der Waals surface area contributed by atoms with E-state index in [1.54, 1.807) is 6.07 Å². The normalized spacial score (nSPS) is 11.7. The van der Waals surface area contributed by atoms with Gasteiger partial charge in [0, 0.05) is 19.0 Å². The van der Waals surface area contributed by atoms with Gasteiger partial charge in [0.25, 0.3) is 5.91 Å². The average Bonchev–Trinajstić information content (AvgIpc) is 2.41. The van der Waals surface area contributed by atoms with Gasteiger partial charge in [-0.2, -0.15) is 0 Å². The lowest BCUT2D eigenvalue weighted by Crippen LogP contribution is -2.35. The largest absolute Gasteiger partial charge is 0.505 e. The molecule has 110 valence electrons. The van der Waals surface area contributed by atoms with Gasteiger partial charge in [0.1, 0.15) is 0 Å². The Labute approximate surface area is 118 Å². The van der Waals surface area contributed by atoms with Gasteiger partial charge in [-0.25, -0.2) is 0 Å². The lowest BCUT2D eigenvalue weighted by Gasteiger charge is -2.12. The molecule has 0 aliphatic carbocycles. The fourth-order valence-corrected chi connectivity index (χ4v) is 1.58. The fraction of sp³-hybridized carbons (Fsp3) is 0.429. The molecule has 0 fully saturated rings. The van der Waals surface area contributed by atoms with Gasteiger partial charge in [-0.05, 0) is 25.5 Å². The summed E-state index contributed by atoms with van der Waals surface area (Å²) < 4.78 is 0. The predicted octanol–water partition coefficient (Wildman–Crippen LogP) is 1.01. The van der Waals surface area contributed by atoms with Crippen LogP contribution in [0.4, 0.5) is 5.69 Å². The second kappa shape index (κ2) is 7.37. The van der Waals surface area contributed by atoms with Crippen LogP contribution in [0.1, 0.15) is 37.0 Å². The molecule has 0 aliphatic heterocycles. The molecule has 0 radical (unpaired) electrons. The van der Waals surface area contributed by atoms with E-state index in [0.29, 0.717) is 0 Å². The summed E-state index contributed by atoms with van der Waals surface area (Å²) in [6, 6.07) is 4.68. The summed E-state index contributed by atoms with van der Waals surface area (Å²) in [6.45, 7) is 4.10. The van der Waals surface area contributed by atoms with Crippen molar-refractivity contribution in [3.8, 4) is 5.75 Å². The van der Waals surface area contributed by atoms with Crippen molar-refractivity contribution in [1.29, 1.82) is 0 Å². The van der Waals surface area contributed by atoms with Crippen molar-refractivity contribution in [2.45, 2.75) is 32.7 Å². The molecule has 0 saturated heterocycles. The van der Waals surface area contributed by atoms with E-state index >= 15 is 0 Å². The van der Waals surface area contributed by atoms with Crippen LogP contribution in [0.5, 0.6) is 5.75 Å². The van der Waals surface area contributed by atoms with Crippen LogP contribution in [-0.2, 0) is 4.79 Å². The molecular weight excluding hydrogens is 258 g/mol. The molecule has 0 spiro atoms. The van der Waals surface area contributed by atoms with E-state index in [4.69, 9.17) is 5.73 Å². The number of amides is 2. The molecule has 1 unspecified atom stereocenters. The highest BCUT2D eigenvalue weighted by molar-refractivity contribution is 5.98. The highest BCUT2D eigenvalue weighted by atomic mass is 16.3. The summed E-state index contributed by atoms with van der Waals surface area (Å²) in [6.07, 6.45) is 1.05. The van der Waals surface area contributed by atoms with Crippen LogP contribution in [0, 0.1) is 0 Å². The third kappa shape index (κ3) is 4.46. The van der Waals surface area contributed by atoms with Crippen molar-refractivity contribution in [1.82, 2.24) is 10.6 Å². The van der Waals surface area contributed by atoms with E-state index in [1.165, 1.54) is 12.1 Å². The first kappa shape index (κ1) is 15.8. The third-order valence-electron chi connectivity index (χ3n) is 2.97. The number of nitrogens with two attached hydrogens (primary N) is 1. The topological polar surface area (TPSA) is 104 Å². The summed E-state index contributed by atoms with van der Waals surface area (Å²) in [4.78, 5) is 23.3. The summed E-state index contributed by atoms with van der Waals surface area (Å²) in [7, 11) is 0. The highest BCUT2D eigenvalue weighted by Crippen LogP contribution is 2.23. The van der Waals surface area contributed by atoms with Crippen molar-refractivity contribution in [2.75, 3.05) is 12.3 Å². The number of nitrogens with one attached hydrogen (secondary N) is 2. The number of aromatic hydroxyl groups is 1. The van der Waals surface area contributed by atoms with E-state index in [0.717, 1.165) is 6.42 Å². The molecule has 2 amide bonds. The Balaban J connectivity index is 2.44. The molecule has 1 aromatic carbocycles. The number of carbonyl (C=O) groups is 2. The van der Waals surface area contributed by atoms with Gasteiger partial charge in [0.15, 0.2) is 5.75 Å². The zero-order valence-corrected chi connectivity index (χ0v) is 11.8. The van der Waals surface area contributed by atoms with Crippen LogP contribution in [0.15, 0.2) is 18.2 Å². The number of hydrogen-bond acceptors (Lipinski definition) is 4. The Morgan fingerprint density at radius 1 is 1.40 bits per heavy atom. The maximum atomic E-state index is 11.8. The van der Waals surface area contributed by atoms with E-state index < -0.39 is 5.91 Å². The van der Waals surface area contributed by atoms with Crippen LogP contribution in [0.25, 0.3) is 0 Å². The Bertz CT molecular complexity index is 489. The molecule has 0 aliphatic rings. The molecule has 1 atom stereocenters. The van der Waals surface area contributed by atoms with Crippen molar-refractivity contribution >= 4 is 17.5 Å². The van der Waals surface area contributed by atoms with Crippen LogP contribution >= 0.6 is 0 Å². The molecule has 0 bridgehead atoms. The van der Waals surface area contributed by atoms with Crippen LogP contribution < -0.4 is 16.4 Å². The lowest BCUT2D eigenvalue weighted by atomic mass is 10.1. The Morgan fingerprint density at radius 2 is 2.10 bits per heavy atom. The Morgan fingerprint density at radius 3 is 2.75 bits per heavy atom. The number of rotatable bonds is 6. The second-order valence-electron chi connectivity index (χ2n) is 4.63. The maximum absolute atomic E-state index is 11.8. The number of para-hydroxylation sites is 1. The number of benzene rings is 1. The summed E-state index contributed by atoms with van der Waals surface area (Å²) in [5.74, 6) is -0.809. The molecule has 5 N–H and O–H groups in total. The summed E-state index contributed by atoms with van der Waals surface area (Å²) in [5.41, 5.74) is 5.76. The fourth-order valence-electron chi connectivity index (χ4n) is 1.58. The summed E-state index contributed by atoms with van der Waals surface area (Å²) >= 11 is 0. The SMILES string of the molecule is CCC(C)NC(=O)CCNC(=O)c1cccc(N)c1O. The molecule has 1 aromatic rings. The Hall–Kier alpha value is -2.24. The van der Waals surface area contributed by atoms with E-state index in [9.17, 15) is 14.7 Å². The van der Waals surface area contributed by atoms with Crippen molar-refractivity contribution in [3.63, 3.8) is 0 Å². The quantitative estimate of drug-likeness (QED) is 0.460. The zero-order chi connectivity index (χ0) is 15.1. The van der Waals surface area contributed by atoms with Gasteiger partial charge in [0.2, 0.25) is 5.91 Å². The number of nitrogen functional groups attached to an aromatic ring is 1. The minimum absolute atomic E-state index is 0.104. The van der Waals surface area contributed by atoms with Gasteiger partial charge in [-0.15, -0.1) is 0 Å². The van der Waals surface area contributed by atoms with E-state index in [1.807, 2.05) is 13.8 Å². The first-order valence-corrected chi connectivity index (χ1v) is 6.60. The molecule has 6 nitrogen and oxygen atoms in total. The molecule has 0 aromatic heterocycles. The van der Waals surface area contributed by atoms with Crippen molar-refractivity contribution < 1.29 is 14.7 Å². The Kier molecular flexibility index (Phi) is 5.83. The van der Waals surface area contributed by atoms with Crippen molar-refractivity contribution in [2.24, 2.45) is 0 Å². The molecule has 0 heterocycles. The first-order valence-electron chi connectivity index (χ1n) is 6.60. The maximum Gasteiger partial charge on any atom is 0.255 e. The van der Waals surface area contributed by atoms with Gasteiger partial charge in [-0.1, -0.05) is 13.0 Å². The molecular formula is C14H21N3O3. The van der Waals surface area contributed by atoms with Crippen LogP contribution in [0.3, 0.4) is 0 Å². The van der Waals surface area contributed by atoms with Gasteiger partial charge in [0.05, 0.1) is 11.3 Å². The van der Waals surface area contributed by atoms with Crippen LogP contribution in [-0.4, -0.2) is 29.5 Å². The predicted molar refractivity (Wildman–Crippen MR) is 77.4 cm³/mol. The molecule has 1 rings (SSSR count). The van der Waals surface area contributed by atoms with Gasteiger partial charge >= 0.3 is 0 Å². The molecule has 20 heavy (non-hydrogen) atoms. The third-order valence-corrected chi connectivity index (χ3v) is 2.97. The second-order valence-corrected chi connectivity index (χ2v) is 4.63. The molecule has 6 heteroatoms. The van der Waals surface area contributed by atoms with Crippen LogP contribution in [0.2, 0.25) is 0 Å². The number of phenols is 1. The standard InChI is InChI=1S/C14H21N3O3/c1-3-9(2)17-12(18)7-8-16-14(20)10-5-4-6-11(15)13(10)19/h4-6,9,19H,3,7-8,15H2,1-2H3,(H,16,20)(H,17,18). The van der Waals surface area contributed by atoms with E-state index in [-0.39, 0.29) is 41.9 Å². The van der Waals surface area contributed by atoms with Gasteiger partial charge in [-0.3, -0.25) is 9.59 Å². The average molecular weight is 279 g/mol. The highest BCUT2D eigenvalue weighted by Gasteiger charge is 2.13. The smallest absolute Gasteiger partial charge is 0.255 e. The number of anilines is 1. The van der Waals surface area contributed by atoms with Gasteiger partial charge < -0.3 is 21.5 Å². The minimum Gasteiger partial charge on any atom is -0.505 e. The lowest BCUT2D eigenvalue weighted by molar-refractivity contribution is -0.121. The molecule has 0 saturated carbocycles. The summed E-state index contributed by atoms with van der Waals surface area (Å²) in [5, 5.41) is 15.0. The minimum atomic E-state index is -0.453. The number of phenolic OH excluding ortho intramolecular Hbond substituents is 1. The van der Waals surface area contributed by atoms with E-state index in [2.05, 4.69) is 10.6 Å².